The second kappa shape index (κ2) is 5.70. The topological polar surface area (TPSA) is 98.2 Å². The van der Waals surface area contributed by atoms with Crippen molar-refractivity contribution in [2.75, 3.05) is 6.54 Å². The summed E-state index contributed by atoms with van der Waals surface area (Å²) in [6, 6.07) is -0.243. The first-order valence-corrected chi connectivity index (χ1v) is 5.15. The normalized spacial score (nSPS) is 16.5. The van der Waals surface area contributed by atoms with Gasteiger partial charge in [0, 0.05) is 19.0 Å². The predicted molar refractivity (Wildman–Crippen MR) is 58.9 cm³/mol. The SMILES string of the molecule is CCC(C)(CN)C(=O)NC(C)CC(N)=O. The largest absolute Gasteiger partial charge is 0.370 e. The van der Waals surface area contributed by atoms with E-state index in [9.17, 15) is 9.59 Å². The fourth-order valence-corrected chi connectivity index (χ4v) is 1.15. The fraction of sp³-hybridized carbons (Fsp3) is 0.800. The maximum absolute atomic E-state index is 11.8. The first-order valence-electron chi connectivity index (χ1n) is 5.15. The van der Waals surface area contributed by atoms with Gasteiger partial charge < -0.3 is 16.8 Å². The highest BCUT2D eigenvalue weighted by Crippen LogP contribution is 2.19. The molecule has 0 aliphatic rings. The standard InChI is InChI=1S/C10H21N3O2/c1-4-10(3,6-11)9(15)13-7(2)5-8(12)14/h7H,4-6,11H2,1-3H3,(H2,12,14)(H,13,15). The molecule has 5 heteroatoms. The smallest absolute Gasteiger partial charge is 0.227 e. The van der Waals surface area contributed by atoms with E-state index >= 15 is 0 Å². The molecule has 0 spiro atoms. The van der Waals surface area contributed by atoms with E-state index in [1.807, 2.05) is 6.92 Å². The van der Waals surface area contributed by atoms with Crippen LogP contribution >= 0.6 is 0 Å². The van der Waals surface area contributed by atoms with Crippen LogP contribution in [0.25, 0.3) is 0 Å². The van der Waals surface area contributed by atoms with E-state index < -0.39 is 11.3 Å². The lowest BCUT2D eigenvalue weighted by Gasteiger charge is -2.26. The van der Waals surface area contributed by atoms with Crippen LogP contribution in [0.4, 0.5) is 0 Å². The summed E-state index contributed by atoms with van der Waals surface area (Å²) in [5, 5.41) is 2.73. The minimum absolute atomic E-state index is 0.124. The molecule has 0 heterocycles. The minimum Gasteiger partial charge on any atom is -0.370 e. The first-order chi connectivity index (χ1) is 6.85. The van der Waals surface area contributed by atoms with Gasteiger partial charge in [-0.05, 0) is 20.3 Å². The lowest BCUT2D eigenvalue weighted by molar-refractivity contribution is -0.130. The maximum atomic E-state index is 11.8. The number of carbonyl (C=O) groups excluding carboxylic acids is 2. The van der Waals surface area contributed by atoms with Gasteiger partial charge >= 0.3 is 0 Å². The molecule has 0 radical (unpaired) electrons. The maximum Gasteiger partial charge on any atom is 0.227 e. The van der Waals surface area contributed by atoms with Crippen LogP contribution in [0.5, 0.6) is 0 Å². The third kappa shape index (κ3) is 4.29. The van der Waals surface area contributed by atoms with E-state index in [0.29, 0.717) is 13.0 Å². The molecule has 5 N–H and O–H groups in total. The van der Waals surface area contributed by atoms with Crippen LogP contribution in [-0.4, -0.2) is 24.4 Å². The number of nitrogens with one attached hydrogen (secondary N) is 1. The van der Waals surface area contributed by atoms with Crippen molar-refractivity contribution in [3.05, 3.63) is 0 Å². The van der Waals surface area contributed by atoms with Crippen molar-refractivity contribution in [1.82, 2.24) is 5.32 Å². The summed E-state index contributed by atoms with van der Waals surface area (Å²) in [6.45, 7) is 5.75. The molecule has 0 aliphatic heterocycles. The average Bonchev–Trinajstić information content (AvgIpc) is 2.15. The van der Waals surface area contributed by atoms with Gasteiger partial charge in [-0.1, -0.05) is 6.92 Å². The molecule has 0 aromatic heterocycles. The molecule has 5 nitrogen and oxygen atoms in total. The Morgan fingerprint density at radius 2 is 2.00 bits per heavy atom. The van der Waals surface area contributed by atoms with Gasteiger partial charge in [-0.2, -0.15) is 0 Å². The molecule has 88 valence electrons. The molecule has 0 aromatic carbocycles. The molecular weight excluding hydrogens is 194 g/mol. The van der Waals surface area contributed by atoms with Gasteiger partial charge in [-0.3, -0.25) is 9.59 Å². The number of rotatable bonds is 6. The van der Waals surface area contributed by atoms with Crippen LogP contribution in [0.3, 0.4) is 0 Å². The molecule has 0 aliphatic carbocycles. The highest BCUT2D eigenvalue weighted by atomic mass is 16.2. The van der Waals surface area contributed by atoms with Gasteiger partial charge in [-0.25, -0.2) is 0 Å². The van der Waals surface area contributed by atoms with E-state index in [1.165, 1.54) is 0 Å². The number of carbonyl (C=O) groups is 2. The molecule has 2 atom stereocenters. The van der Waals surface area contributed by atoms with Crippen LogP contribution in [-0.2, 0) is 9.59 Å². The van der Waals surface area contributed by atoms with E-state index in [0.717, 1.165) is 0 Å². The van der Waals surface area contributed by atoms with Crippen molar-refractivity contribution in [1.29, 1.82) is 0 Å². The van der Waals surface area contributed by atoms with Crippen LogP contribution in [0.2, 0.25) is 0 Å². The molecule has 0 saturated heterocycles. The van der Waals surface area contributed by atoms with Crippen molar-refractivity contribution in [2.24, 2.45) is 16.9 Å². The second-order valence-electron chi connectivity index (χ2n) is 4.16. The zero-order chi connectivity index (χ0) is 12.1. The lowest BCUT2D eigenvalue weighted by Crippen LogP contribution is -2.47. The summed E-state index contributed by atoms with van der Waals surface area (Å²) in [4.78, 5) is 22.4. The van der Waals surface area contributed by atoms with E-state index in [1.54, 1.807) is 13.8 Å². The third-order valence-corrected chi connectivity index (χ3v) is 2.66. The van der Waals surface area contributed by atoms with Gasteiger partial charge in [0.05, 0.1) is 5.41 Å². The molecule has 0 bridgehead atoms. The Hall–Kier alpha value is -1.10. The lowest BCUT2D eigenvalue weighted by atomic mass is 9.86. The molecule has 0 saturated carbocycles. The minimum atomic E-state index is -0.564. The van der Waals surface area contributed by atoms with Crippen LogP contribution in [0.15, 0.2) is 0 Å². The van der Waals surface area contributed by atoms with Gasteiger partial charge in [0.15, 0.2) is 0 Å². The summed E-state index contributed by atoms with van der Waals surface area (Å²) in [6.07, 6.45) is 0.814. The summed E-state index contributed by atoms with van der Waals surface area (Å²) in [7, 11) is 0. The number of hydrogen-bond donors (Lipinski definition) is 3. The Bertz CT molecular complexity index is 237. The molecule has 0 aromatic rings. The molecule has 0 fully saturated rings. The second-order valence-corrected chi connectivity index (χ2v) is 4.16. The number of amides is 2. The Morgan fingerprint density at radius 3 is 2.33 bits per heavy atom. The highest BCUT2D eigenvalue weighted by Gasteiger charge is 2.30. The molecule has 15 heavy (non-hydrogen) atoms. The van der Waals surface area contributed by atoms with Gasteiger partial charge in [-0.15, -0.1) is 0 Å². The number of primary amides is 1. The first kappa shape index (κ1) is 13.9. The summed E-state index contributed by atoms with van der Waals surface area (Å²) >= 11 is 0. The van der Waals surface area contributed by atoms with Crippen LogP contribution < -0.4 is 16.8 Å². The summed E-state index contributed by atoms with van der Waals surface area (Å²) in [5.41, 5.74) is 10.0. The highest BCUT2D eigenvalue weighted by molar-refractivity contribution is 5.83. The zero-order valence-electron chi connectivity index (χ0n) is 9.67. The Labute approximate surface area is 90.6 Å². The van der Waals surface area contributed by atoms with E-state index in [2.05, 4.69) is 5.32 Å². The predicted octanol–water partition coefficient (Wildman–Crippen LogP) is -0.258. The quantitative estimate of drug-likeness (QED) is 0.569. The van der Waals surface area contributed by atoms with Gasteiger partial charge in [0.2, 0.25) is 11.8 Å². The Balaban J connectivity index is 4.28. The van der Waals surface area contributed by atoms with Gasteiger partial charge in [0.25, 0.3) is 0 Å². The summed E-state index contributed by atoms with van der Waals surface area (Å²) in [5.74, 6) is -0.546. The Kier molecular flexibility index (Phi) is 5.28. The molecule has 2 unspecified atom stereocenters. The van der Waals surface area contributed by atoms with Crippen molar-refractivity contribution < 1.29 is 9.59 Å². The average molecular weight is 215 g/mol. The zero-order valence-corrected chi connectivity index (χ0v) is 9.67. The van der Waals surface area contributed by atoms with E-state index in [4.69, 9.17) is 11.5 Å². The van der Waals surface area contributed by atoms with E-state index in [-0.39, 0.29) is 18.4 Å². The Morgan fingerprint density at radius 1 is 1.47 bits per heavy atom. The number of hydrogen-bond acceptors (Lipinski definition) is 3. The molecule has 0 rings (SSSR count). The van der Waals surface area contributed by atoms with Crippen molar-refractivity contribution in [3.63, 3.8) is 0 Å². The number of nitrogens with two attached hydrogens (primary N) is 2. The molecule has 2 amide bonds. The van der Waals surface area contributed by atoms with Crippen molar-refractivity contribution in [3.8, 4) is 0 Å². The van der Waals surface area contributed by atoms with Crippen LogP contribution in [0, 0.1) is 5.41 Å². The van der Waals surface area contributed by atoms with Crippen molar-refractivity contribution in [2.45, 2.75) is 39.7 Å². The third-order valence-electron chi connectivity index (χ3n) is 2.66. The fourth-order valence-electron chi connectivity index (χ4n) is 1.15. The van der Waals surface area contributed by atoms with Crippen molar-refractivity contribution >= 4 is 11.8 Å². The monoisotopic (exact) mass is 215 g/mol. The van der Waals surface area contributed by atoms with Gasteiger partial charge in [0.1, 0.15) is 0 Å². The summed E-state index contributed by atoms with van der Waals surface area (Å²) < 4.78 is 0. The molecular formula is C10H21N3O2. The van der Waals surface area contributed by atoms with Crippen LogP contribution in [0.1, 0.15) is 33.6 Å².